The molecule has 0 aliphatic carbocycles. The topological polar surface area (TPSA) is 98.3 Å². The van der Waals surface area contributed by atoms with E-state index < -0.39 is 29.6 Å². The maximum atomic E-state index is 15.3. The van der Waals surface area contributed by atoms with Gasteiger partial charge in [0.2, 0.25) is 5.96 Å². The average Bonchev–Trinajstić information content (AvgIpc) is 3.00. The van der Waals surface area contributed by atoms with Crippen molar-refractivity contribution in [3.8, 4) is 11.5 Å². The minimum absolute atomic E-state index is 0. The van der Waals surface area contributed by atoms with Gasteiger partial charge in [-0.1, -0.05) is 18.2 Å². The number of benzene rings is 3. The third-order valence-electron chi connectivity index (χ3n) is 7.53. The number of methoxy groups -OCH3 is 2. The van der Waals surface area contributed by atoms with Crippen molar-refractivity contribution >= 4 is 58.5 Å². The Hall–Kier alpha value is -3.52. The van der Waals surface area contributed by atoms with Crippen LogP contribution in [0.1, 0.15) is 30.5 Å². The molecule has 0 aromatic heterocycles. The van der Waals surface area contributed by atoms with Gasteiger partial charge in [0.25, 0.3) is 0 Å². The zero-order chi connectivity index (χ0) is 30.7. The maximum absolute atomic E-state index is 15.3. The Labute approximate surface area is 281 Å². The molecule has 1 atom stereocenters. The molecule has 0 amide bonds. The van der Waals surface area contributed by atoms with Crippen molar-refractivity contribution in [2.24, 2.45) is 4.99 Å². The number of alkyl halides is 3. The number of carbonyl (C=O) groups is 1. The number of esters is 1. The summed E-state index contributed by atoms with van der Waals surface area (Å²) in [5, 5.41) is 0. The Balaban J connectivity index is 0.00000276. The van der Waals surface area contributed by atoms with E-state index in [1.807, 2.05) is 29.2 Å². The number of halogens is 4. The van der Waals surface area contributed by atoms with E-state index in [1.54, 1.807) is 25.0 Å². The van der Waals surface area contributed by atoms with Gasteiger partial charge in [0.1, 0.15) is 23.0 Å². The van der Waals surface area contributed by atoms with Crippen molar-refractivity contribution in [1.29, 1.82) is 0 Å². The summed E-state index contributed by atoms with van der Waals surface area (Å²) >= 11 is 0. The van der Waals surface area contributed by atoms with Crippen molar-refractivity contribution in [3.05, 3.63) is 77.6 Å². The molecule has 1 fully saturated rings. The number of hydrogen-bond donors (Lipinski definition) is 0. The third-order valence-corrected chi connectivity index (χ3v) is 7.53. The normalized spacial score (nSPS) is 16.1. The van der Waals surface area contributed by atoms with E-state index in [1.165, 1.54) is 25.3 Å². The number of guanidine groups is 1. The van der Waals surface area contributed by atoms with Gasteiger partial charge in [-0.15, -0.1) is 0 Å². The van der Waals surface area contributed by atoms with E-state index in [-0.39, 0.29) is 71.1 Å². The molecule has 14 heteroatoms. The van der Waals surface area contributed by atoms with Crippen LogP contribution in [0, 0.1) is 5.82 Å². The number of ether oxygens (including phenoxy) is 3. The molecule has 238 valence electrons. The molecule has 2 aliphatic heterocycles. The first kappa shape index (κ1) is 36.0. The van der Waals surface area contributed by atoms with Crippen LogP contribution in [0.25, 0.3) is 0 Å². The molecule has 1 saturated heterocycles. The van der Waals surface area contributed by atoms with Crippen LogP contribution >= 0.6 is 0 Å². The second-order valence-corrected chi connectivity index (χ2v) is 10.0. The van der Waals surface area contributed by atoms with Crippen molar-refractivity contribution < 1.29 is 42.0 Å². The predicted molar refractivity (Wildman–Crippen MR) is 166 cm³/mol. The van der Waals surface area contributed by atoms with Gasteiger partial charge in [0.15, 0.2) is 0 Å². The van der Waals surface area contributed by atoms with Crippen molar-refractivity contribution in [3.63, 3.8) is 0 Å². The number of aliphatic imine (C=N–C) groups is 1. The van der Waals surface area contributed by atoms with Gasteiger partial charge in [-0.05, 0) is 43.3 Å². The summed E-state index contributed by atoms with van der Waals surface area (Å²) in [5.41, 5.74) is 0.494. The molecule has 2 N–H and O–H groups in total. The van der Waals surface area contributed by atoms with Gasteiger partial charge >= 0.3 is 41.7 Å². The van der Waals surface area contributed by atoms with Gasteiger partial charge in [0.05, 0.1) is 44.5 Å². The Bertz CT molecular complexity index is 1520. The molecule has 0 radical (unpaired) electrons. The summed E-state index contributed by atoms with van der Waals surface area (Å²) in [6, 6.07) is 14.2. The standard InChI is InChI=1S/C31H32F4N4O4.Na.H2O.H/c1-4-43-28(40)19-25-23-9-6-10-24(32)29(23)36-30(39(25)26-17-20(31(33,34)35)11-12-27(26)42-3)38-15-13-37(14-16-38)21-7-5-8-22(18-21)41-2;;;/h5-12,17-18,25H,4,13-16,19H2,1-3H3;;1H2;/t25-;;;/m0.../s1. The summed E-state index contributed by atoms with van der Waals surface area (Å²) in [6.07, 6.45) is -4.90. The molecule has 3 aromatic carbocycles. The van der Waals surface area contributed by atoms with Crippen LogP contribution in [-0.2, 0) is 15.7 Å². The second kappa shape index (κ2) is 15.2. The number of fused-ring (bicyclic) bond motifs is 1. The fourth-order valence-electron chi connectivity index (χ4n) is 5.46. The number of carbonyl (C=O) groups excluding carboxylic acids is 1. The fraction of sp³-hybridized carbons (Fsp3) is 0.355. The number of piperazine rings is 1. The number of nitrogens with zero attached hydrogens (tertiary/aromatic N) is 4. The Morgan fingerprint density at radius 1 is 0.956 bits per heavy atom. The summed E-state index contributed by atoms with van der Waals surface area (Å²) in [7, 11) is 2.95. The minimum atomic E-state index is -4.64. The Morgan fingerprint density at radius 3 is 2.29 bits per heavy atom. The summed E-state index contributed by atoms with van der Waals surface area (Å²) < 4.78 is 73.2. The molecule has 0 spiro atoms. The molecular formula is C31H35F4N4NaO5. The Kier molecular flexibility index (Phi) is 12.1. The molecule has 2 heterocycles. The zero-order valence-electron chi connectivity index (χ0n) is 24.5. The van der Waals surface area contributed by atoms with E-state index in [2.05, 4.69) is 9.89 Å². The monoisotopic (exact) mass is 642 g/mol. The summed E-state index contributed by atoms with van der Waals surface area (Å²) in [6.45, 7) is 3.71. The second-order valence-electron chi connectivity index (χ2n) is 10.0. The van der Waals surface area contributed by atoms with Crippen LogP contribution in [-0.4, -0.2) is 98.9 Å². The molecule has 5 rings (SSSR count). The van der Waals surface area contributed by atoms with E-state index in [9.17, 15) is 18.0 Å². The third kappa shape index (κ3) is 7.66. The van der Waals surface area contributed by atoms with Gasteiger partial charge in [0, 0.05) is 43.5 Å². The summed E-state index contributed by atoms with van der Waals surface area (Å²) in [5.74, 6) is -0.107. The molecular weight excluding hydrogens is 607 g/mol. The predicted octanol–water partition coefficient (Wildman–Crippen LogP) is 4.71. The molecule has 2 aliphatic rings. The first-order chi connectivity index (χ1) is 20.6. The van der Waals surface area contributed by atoms with Crippen molar-refractivity contribution in [2.45, 2.75) is 25.6 Å². The van der Waals surface area contributed by atoms with Crippen LogP contribution in [0.4, 0.5) is 34.6 Å². The van der Waals surface area contributed by atoms with E-state index in [4.69, 9.17) is 14.2 Å². The van der Waals surface area contributed by atoms with Crippen LogP contribution in [0.3, 0.4) is 0 Å². The van der Waals surface area contributed by atoms with Crippen LogP contribution < -0.4 is 19.3 Å². The Morgan fingerprint density at radius 2 is 1.64 bits per heavy atom. The van der Waals surface area contributed by atoms with Crippen molar-refractivity contribution in [2.75, 3.05) is 56.8 Å². The molecule has 0 saturated carbocycles. The first-order valence-corrected chi connectivity index (χ1v) is 13.9. The fourth-order valence-corrected chi connectivity index (χ4v) is 5.46. The van der Waals surface area contributed by atoms with Crippen LogP contribution in [0.15, 0.2) is 65.7 Å². The number of hydrogen-bond acceptors (Lipinski definition) is 8. The number of para-hydroxylation sites is 1. The quantitative estimate of drug-likeness (QED) is 0.209. The molecule has 3 aromatic rings. The van der Waals surface area contributed by atoms with E-state index in [0.717, 1.165) is 17.8 Å². The molecule has 9 nitrogen and oxygen atoms in total. The van der Waals surface area contributed by atoms with Crippen LogP contribution in [0.2, 0.25) is 0 Å². The van der Waals surface area contributed by atoms with Gasteiger partial charge < -0.3 is 34.4 Å². The average molecular weight is 643 g/mol. The van der Waals surface area contributed by atoms with E-state index in [0.29, 0.717) is 37.5 Å². The molecule has 0 bridgehead atoms. The van der Waals surface area contributed by atoms with Crippen LogP contribution in [0.5, 0.6) is 11.5 Å². The summed E-state index contributed by atoms with van der Waals surface area (Å²) in [4.78, 5) is 23.2. The molecule has 0 unspecified atom stereocenters. The zero-order valence-corrected chi connectivity index (χ0v) is 24.5. The molecule has 45 heavy (non-hydrogen) atoms. The SMILES string of the molecule is CCOC(=O)C[C@H]1c2cccc(F)c2N=C(N2CCN(c3cccc(OC)c3)CC2)N1c1cc(C(F)(F)F)ccc1OC.O.[NaH]. The van der Waals surface area contributed by atoms with Crippen molar-refractivity contribution in [1.82, 2.24) is 4.90 Å². The van der Waals surface area contributed by atoms with E-state index >= 15 is 4.39 Å². The number of anilines is 2. The van der Waals surface area contributed by atoms with Gasteiger partial charge in [-0.3, -0.25) is 4.79 Å². The number of rotatable bonds is 7. The first-order valence-electron chi connectivity index (χ1n) is 13.9. The van der Waals surface area contributed by atoms with Gasteiger partial charge in [-0.25, -0.2) is 9.38 Å². The van der Waals surface area contributed by atoms with Gasteiger partial charge in [-0.2, -0.15) is 13.2 Å².